The summed E-state index contributed by atoms with van der Waals surface area (Å²) in [5.41, 5.74) is 0.535. The van der Waals surface area contributed by atoms with Crippen molar-refractivity contribution in [2.75, 3.05) is 0 Å². The lowest BCUT2D eigenvalue weighted by Gasteiger charge is -2.16. The zero-order valence-corrected chi connectivity index (χ0v) is 12.3. The predicted molar refractivity (Wildman–Crippen MR) is 77.0 cm³/mol. The number of benzene rings is 1. The molecule has 1 heterocycles. The topological polar surface area (TPSA) is 52.5 Å². The highest BCUT2D eigenvalue weighted by Crippen LogP contribution is 2.32. The molecule has 96 valence electrons. The van der Waals surface area contributed by atoms with Crippen LogP contribution in [0.2, 0.25) is 0 Å². The van der Waals surface area contributed by atoms with E-state index >= 15 is 0 Å². The van der Waals surface area contributed by atoms with Gasteiger partial charge in [0, 0.05) is 17.5 Å². The SMILES string of the molecule is CC(NCc1ccc(Br)s1)c1c(O)cccc1O. The lowest BCUT2D eigenvalue weighted by atomic mass is 10.1. The zero-order chi connectivity index (χ0) is 13.1. The molecule has 1 aromatic heterocycles. The summed E-state index contributed by atoms with van der Waals surface area (Å²) in [5.74, 6) is 0.227. The minimum atomic E-state index is -0.118. The third kappa shape index (κ3) is 3.04. The number of hydrogen-bond acceptors (Lipinski definition) is 4. The van der Waals surface area contributed by atoms with Gasteiger partial charge in [-0.25, -0.2) is 0 Å². The van der Waals surface area contributed by atoms with E-state index in [1.54, 1.807) is 29.5 Å². The van der Waals surface area contributed by atoms with E-state index in [0.717, 1.165) is 3.79 Å². The Hall–Kier alpha value is -1.04. The fourth-order valence-electron chi connectivity index (χ4n) is 1.79. The van der Waals surface area contributed by atoms with Crippen molar-refractivity contribution >= 4 is 27.3 Å². The molecule has 1 unspecified atom stereocenters. The number of halogens is 1. The van der Waals surface area contributed by atoms with Crippen LogP contribution in [0.4, 0.5) is 0 Å². The number of aromatic hydroxyl groups is 2. The van der Waals surface area contributed by atoms with Crippen molar-refractivity contribution < 1.29 is 10.2 Å². The Kier molecular flexibility index (Phi) is 4.27. The van der Waals surface area contributed by atoms with Gasteiger partial charge >= 0.3 is 0 Å². The van der Waals surface area contributed by atoms with Crippen LogP contribution in [-0.4, -0.2) is 10.2 Å². The zero-order valence-electron chi connectivity index (χ0n) is 9.85. The molecule has 0 fully saturated rings. The van der Waals surface area contributed by atoms with Crippen LogP contribution in [0.1, 0.15) is 23.4 Å². The highest BCUT2D eigenvalue weighted by atomic mass is 79.9. The number of hydrogen-bond donors (Lipinski definition) is 3. The minimum Gasteiger partial charge on any atom is -0.507 e. The fourth-order valence-corrected chi connectivity index (χ4v) is 3.22. The predicted octanol–water partition coefficient (Wildman–Crippen LogP) is 3.77. The van der Waals surface area contributed by atoms with Crippen LogP contribution < -0.4 is 5.32 Å². The largest absolute Gasteiger partial charge is 0.507 e. The molecule has 1 aromatic carbocycles. The third-order valence-corrected chi connectivity index (χ3v) is 4.33. The van der Waals surface area contributed by atoms with Crippen LogP contribution in [0.3, 0.4) is 0 Å². The van der Waals surface area contributed by atoms with Gasteiger partial charge in [0.25, 0.3) is 0 Å². The number of thiophene rings is 1. The molecule has 0 spiro atoms. The van der Waals surface area contributed by atoms with Crippen molar-refractivity contribution in [1.29, 1.82) is 0 Å². The second-order valence-electron chi connectivity index (χ2n) is 4.02. The van der Waals surface area contributed by atoms with E-state index in [0.29, 0.717) is 12.1 Å². The molecular weight excluding hydrogens is 314 g/mol. The molecule has 3 nitrogen and oxygen atoms in total. The summed E-state index contributed by atoms with van der Waals surface area (Å²) in [7, 11) is 0. The molecule has 0 bridgehead atoms. The maximum Gasteiger partial charge on any atom is 0.124 e. The Balaban J connectivity index is 2.06. The molecule has 5 heteroatoms. The summed E-state index contributed by atoms with van der Waals surface area (Å²) in [6, 6.07) is 8.71. The number of rotatable bonds is 4. The van der Waals surface area contributed by atoms with Crippen LogP contribution >= 0.6 is 27.3 Å². The molecule has 18 heavy (non-hydrogen) atoms. The van der Waals surface area contributed by atoms with Crippen molar-refractivity contribution in [3.8, 4) is 11.5 Å². The molecule has 0 aliphatic rings. The second kappa shape index (κ2) is 5.73. The molecule has 0 amide bonds. The second-order valence-corrected chi connectivity index (χ2v) is 6.57. The van der Waals surface area contributed by atoms with E-state index in [4.69, 9.17) is 0 Å². The first-order valence-corrected chi connectivity index (χ1v) is 7.17. The highest BCUT2D eigenvalue weighted by molar-refractivity contribution is 9.11. The first kappa shape index (κ1) is 13.4. The van der Waals surface area contributed by atoms with E-state index in [1.807, 2.05) is 19.1 Å². The molecule has 0 aliphatic carbocycles. The van der Waals surface area contributed by atoms with Gasteiger partial charge in [-0.2, -0.15) is 0 Å². The van der Waals surface area contributed by atoms with Crippen LogP contribution in [-0.2, 0) is 6.54 Å². The van der Waals surface area contributed by atoms with Gasteiger partial charge in [0.1, 0.15) is 11.5 Å². The molecule has 2 aromatic rings. The first-order chi connectivity index (χ1) is 8.58. The van der Waals surface area contributed by atoms with Crippen molar-refractivity contribution in [3.05, 3.63) is 44.6 Å². The summed E-state index contributed by atoms with van der Waals surface area (Å²) < 4.78 is 1.09. The lowest BCUT2D eigenvalue weighted by Crippen LogP contribution is -2.17. The van der Waals surface area contributed by atoms with E-state index in [9.17, 15) is 10.2 Å². The Morgan fingerprint density at radius 3 is 2.44 bits per heavy atom. The van der Waals surface area contributed by atoms with E-state index in [-0.39, 0.29) is 17.5 Å². The molecule has 3 N–H and O–H groups in total. The van der Waals surface area contributed by atoms with Crippen LogP contribution in [0.25, 0.3) is 0 Å². The maximum absolute atomic E-state index is 9.76. The number of phenolic OH excluding ortho intramolecular Hbond substituents is 2. The van der Waals surface area contributed by atoms with Gasteiger partial charge in [0.15, 0.2) is 0 Å². The average molecular weight is 328 g/mol. The number of nitrogens with one attached hydrogen (secondary N) is 1. The van der Waals surface area contributed by atoms with Crippen LogP contribution in [0.5, 0.6) is 11.5 Å². The van der Waals surface area contributed by atoms with Crippen molar-refractivity contribution in [2.45, 2.75) is 19.5 Å². The van der Waals surface area contributed by atoms with E-state index in [1.165, 1.54) is 4.88 Å². The average Bonchev–Trinajstić information content (AvgIpc) is 2.72. The molecule has 0 saturated heterocycles. The van der Waals surface area contributed by atoms with Crippen molar-refractivity contribution in [2.24, 2.45) is 0 Å². The molecule has 0 aliphatic heterocycles. The maximum atomic E-state index is 9.76. The lowest BCUT2D eigenvalue weighted by molar-refractivity contribution is 0.418. The smallest absolute Gasteiger partial charge is 0.124 e. The first-order valence-electron chi connectivity index (χ1n) is 5.56. The highest BCUT2D eigenvalue weighted by Gasteiger charge is 2.14. The summed E-state index contributed by atoms with van der Waals surface area (Å²) in [6.07, 6.45) is 0. The molecule has 0 radical (unpaired) electrons. The van der Waals surface area contributed by atoms with Gasteiger partial charge in [0.2, 0.25) is 0 Å². The molecule has 1 atom stereocenters. The molecular formula is C13H14BrNO2S. The Morgan fingerprint density at radius 2 is 1.89 bits per heavy atom. The Bertz CT molecular complexity index is 521. The summed E-state index contributed by atoms with van der Waals surface area (Å²) in [5, 5.41) is 22.8. The van der Waals surface area contributed by atoms with Gasteiger partial charge in [-0.3, -0.25) is 0 Å². The Morgan fingerprint density at radius 1 is 1.22 bits per heavy atom. The Labute approximate surface area is 118 Å². The summed E-state index contributed by atoms with van der Waals surface area (Å²) in [6.45, 7) is 2.61. The molecule has 0 saturated carbocycles. The van der Waals surface area contributed by atoms with E-state index in [2.05, 4.69) is 21.2 Å². The van der Waals surface area contributed by atoms with Gasteiger partial charge in [-0.15, -0.1) is 11.3 Å². The summed E-state index contributed by atoms with van der Waals surface area (Å²) in [4.78, 5) is 1.20. The molecule has 2 rings (SSSR count). The van der Waals surface area contributed by atoms with Gasteiger partial charge in [-0.05, 0) is 47.1 Å². The van der Waals surface area contributed by atoms with Gasteiger partial charge in [0.05, 0.1) is 9.35 Å². The minimum absolute atomic E-state index is 0.113. The summed E-state index contributed by atoms with van der Waals surface area (Å²) >= 11 is 5.08. The van der Waals surface area contributed by atoms with Crippen LogP contribution in [0, 0.1) is 0 Å². The van der Waals surface area contributed by atoms with Gasteiger partial charge in [-0.1, -0.05) is 6.07 Å². The quantitative estimate of drug-likeness (QED) is 0.801. The normalized spacial score (nSPS) is 12.6. The fraction of sp³-hybridized carbons (Fsp3) is 0.231. The van der Waals surface area contributed by atoms with Crippen LogP contribution in [0.15, 0.2) is 34.1 Å². The third-order valence-electron chi connectivity index (χ3n) is 2.70. The van der Waals surface area contributed by atoms with Crippen molar-refractivity contribution in [3.63, 3.8) is 0 Å². The van der Waals surface area contributed by atoms with Crippen molar-refractivity contribution in [1.82, 2.24) is 5.32 Å². The van der Waals surface area contributed by atoms with E-state index < -0.39 is 0 Å². The standard InChI is InChI=1S/C13H14BrNO2S/c1-8(13-10(16)3-2-4-11(13)17)15-7-9-5-6-12(14)18-9/h2-6,8,15-17H,7H2,1H3. The van der Waals surface area contributed by atoms with Gasteiger partial charge < -0.3 is 15.5 Å². The number of phenols is 2. The monoisotopic (exact) mass is 327 g/mol.